The van der Waals surface area contributed by atoms with Crippen molar-refractivity contribution in [2.75, 3.05) is 34.2 Å². The topological polar surface area (TPSA) is 310 Å². The molecule has 4 aromatic carbocycles. The second-order valence-corrected chi connectivity index (χ2v) is 7.54. The van der Waals surface area contributed by atoms with E-state index in [1.54, 1.807) is 101 Å². The van der Waals surface area contributed by atoms with E-state index in [0.717, 1.165) is 39.7 Å². The van der Waals surface area contributed by atoms with Crippen LogP contribution in [0, 0.1) is 10.1 Å². The van der Waals surface area contributed by atoms with Gasteiger partial charge in [0.25, 0.3) is 0 Å². The Morgan fingerprint density at radius 2 is 0.804 bits per heavy atom. The number of halogens is 2. The molecule has 0 aliphatic heterocycles. The zero-order valence-electron chi connectivity index (χ0n) is 28.5. The van der Waals surface area contributed by atoms with E-state index in [-0.39, 0.29) is 83.9 Å². The van der Waals surface area contributed by atoms with Gasteiger partial charge in [-0.2, -0.15) is 5.53 Å². The van der Waals surface area contributed by atoms with Crippen LogP contribution in [0.3, 0.4) is 0 Å². The second-order valence-electron chi connectivity index (χ2n) is 7.54. The fraction of sp³-hybridized carbons (Fsp3) is 0.143. The number of benzene rings is 4. The van der Waals surface area contributed by atoms with Crippen LogP contribution in [0.2, 0.25) is 0 Å². The minimum absolute atomic E-state index is 0. The number of azide groups is 2. The van der Waals surface area contributed by atoms with Gasteiger partial charge in [0.15, 0.2) is 0 Å². The minimum Gasteiger partial charge on any atom is -1.00 e. The Kier molecular flexibility index (Phi) is 47.7. The first-order chi connectivity index (χ1) is 22.7. The summed E-state index contributed by atoms with van der Waals surface area (Å²) in [5, 5.41) is 19.3. The third-order valence-electron chi connectivity index (χ3n) is 4.80. The molecule has 51 heavy (non-hydrogen) atoms. The van der Waals surface area contributed by atoms with Crippen LogP contribution in [-0.2, 0) is 0 Å². The van der Waals surface area contributed by atoms with Crippen molar-refractivity contribution in [2.24, 2.45) is 20.7 Å². The zero-order valence-corrected chi connectivity index (χ0v) is 34.1. The molecule has 0 amide bonds. The van der Waals surface area contributed by atoms with Gasteiger partial charge in [0, 0.05) is 26.9 Å². The standard InChI is InChI=1S/2C7H7N3O.C7H8N2O.C7H9NO.2ClH.N3.HNO2.2Na/c2*1-11-7-4-2-6(3-5-7)9-10-8;1-10-7-4-2-6(9-8)3-5-7;1-9-7-4-2-6(8)3-5-7;;;1-3-2;2-1-3;;/h2*2-5H,1H3;2-5,8H,1H3;2-5H,8H2,1H3;2*1H;;(H,2,3);;/q;;;;;;-1;;2*+1/p-1. The number of hydrogen-bond donors (Lipinski definition) is 2. The van der Waals surface area contributed by atoms with E-state index < -0.39 is 0 Å². The molecule has 4 N–H and O–H groups in total. The smallest absolute Gasteiger partial charge is 1.00 e. The number of hydrogen-bond acceptors (Lipinski definition) is 11. The number of anilines is 1. The molecule has 0 unspecified atom stereocenters. The van der Waals surface area contributed by atoms with Crippen molar-refractivity contribution in [3.8, 4) is 23.0 Å². The van der Waals surface area contributed by atoms with Gasteiger partial charge >= 0.3 is 59.1 Å². The summed E-state index contributed by atoms with van der Waals surface area (Å²) >= 11 is 0. The Morgan fingerprint density at radius 1 is 0.588 bits per heavy atom. The van der Waals surface area contributed by atoms with Gasteiger partial charge in [0.2, 0.25) is 0 Å². The second kappa shape index (κ2) is 41.6. The SMILES string of the molecule is COc1ccc(N)cc1.COc1ccc(N=[N+]=[N-])cc1.COc1ccc(N=[N+]=[N-])cc1.COc1ccc(N=[NH2+])cc1.Cl.O=N[O-].[Cl-].[N-]=[N+]=[N-].[Na+].[Na+]. The monoisotopic (exact) mass is 763 g/mol. The van der Waals surface area contributed by atoms with Crippen molar-refractivity contribution in [3.05, 3.63) is 144 Å². The minimum atomic E-state index is 0. The van der Waals surface area contributed by atoms with Gasteiger partial charge in [0.1, 0.15) is 28.7 Å². The van der Waals surface area contributed by atoms with Gasteiger partial charge in [-0.1, -0.05) is 10.2 Å². The Morgan fingerprint density at radius 3 is 1.00 bits per heavy atom. The molecule has 0 aromatic heterocycles. The van der Waals surface area contributed by atoms with E-state index in [4.69, 9.17) is 62.5 Å². The third kappa shape index (κ3) is 32.4. The number of nitrogens with two attached hydrogens (primary N) is 2. The molecule has 0 heterocycles. The van der Waals surface area contributed by atoms with Gasteiger partial charge in [-0.15, -0.1) is 17.7 Å². The molecule has 0 bridgehead atoms. The molecule has 0 radical (unpaired) electrons. The maximum absolute atomic E-state index is 8.07. The van der Waals surface area contributed by atoms with Crippen molar-refractivity contribution in [1.29, 1.82) is 0 Å². The number of methoxy groups -OCH3 is 4. The van der Waals surface area contributed by atoms with E-state index in [1.807, 2.05) is 24.3 Å². The molecule has 0 saturated carbocycles. The number of nitrogens with zero attached hydrogens (tertiary/aromatic N) is 11. The molecule has 23 heteroatoms. The Hall–Kier alpha value is -4.61. The van der Waals surface area contributed by atoms with Crippen molar-refractivity contribution in [2.45, 2.75) is 0 Å². The molecular formula is C28H33Cl2N13Na2O6. The van der Waals surface area contributed by atoms with Crippen LogP contribution in [-0.4, -0.2) is 28.4 Å². The van der Waals surface area contributed by atoms with Crippen molar-refractivity contribution in [1.82, 2.24) is 0 Å². The fourth-order valence-corrected chi connectivity index (χ4v) is 2.67. The van der Waals surface area contributed by atoms with Crippen molar-refractivity contribution < 1.29 is 96.0 Å². The molecule has 4 rings (SSSR count). The summed E-state index contributed by atoms with van der Waals surface area (Å²) in [6.07, 6.45) is 0. The van der Waals surface area contributed by atoms with Crippen LogP contribution < -0.4 is 102 Å². The van der Waals surface area contributed by atoms with Crippen LogP contribution in [0.15, 0.2) is 118 Å². The summed E-state index contributed by atoms with van der Waals surface area (Å²) in [7, 11) is 6.42. The summed E-state index contributed by atoms with van der Waals surface area (Å²) in [6, 6.07) is 28.2. The maximum atomic E-state index is 8.07. The van der Waals surface area contributed by atoms with Crippen LogP contribution in [0.1, 0.15) is 0 Å². The quantitative estimate of drug-likeness (QED) is 0.0478. The first kappa shape index (κ1) is 58.6. The summed E-state index contributed by atoms with van der Waals surface area (Å²) in [5.41, 5.74) is 42.8. The maximum Gasteiger partial charge on any atom is 1.00 e. The molecule has 19 nitrogen and oxygen atoms in total. The molecular weight excluding hydrogens is 731 g/mol. The Labute approximate surface area is 350 Å². The van der Waals surface area contributed by atoms with Crippen LogP contribution in [0.25, 0.3) is 36.9 Å². The van der Waals surface area contributed by atoms with Crippen molar-refractivity contribution >= 4 is 35.2 Å². The molecule has 0 aliphatic carbocycles. The van der Waals surface area contributed by atoms with Gasteiger partial charge in [-0.25, -0.2) is 0 Å². The normalized spacial score (nSPS) is 7.37. The number of rotatable bonds is 7. The molecule has 0 fully saturated rings. The van der Waals surface area contributed by atoms with E-state index in [2.05, 4.69) is 25.2 Å². The van der Waals surface area contributed by atoms with E-state index in [0.29, 0.717) is 11.4 Å². The zero-order chi connectivity index (χ0) is 35.7. The van der Waals surface area contributed by atoms with Gasteiger partial charge in [-0.3, -0.25) is 4.91 Å². The summed E-state index contributed by atoms with van der Waals surface area (Å²) in [6.45, 7) is 0. The van der Waals surface area contributed by atoms with Gasteiger partial charge in [-0.05, 0) is 113 Å². The molecule has 4 aromatic rings. The van der Waals surface area contributed by atoms with Crippen molar-refractivity contribution in [3.63, 3.8) is 0 Å². The number of nitrogen functional groups attached to an aromatic ring is 1. The van der Waals surface area contributed by atoms with Crippen LogP contribution >= 0.6 is 12.4 Å². The summed E-state index contributed by atoms with van der Waals surface area (Å²) in [5.74, 6) is 3.15. The predicted octanol–water partition coefficient (Wildman–Crippen LogP) is -0.360. The number of ether oxygens (including phenoxy) is 4. The largest absolute Gasteiger partial charge is 1.00 e. The first-order valence-electron chi connectivity index (χ1n) is 12.5. The van der Waals surface area contributed by atoms with Gasteiger partial charge < -0.3 is 58.3 Å². The van der Waals surface area contributed by atoms with E-state index >= 15 is 0 Å². The molecule has 0 spiro atoms. The first-order valence-corrected chi connectivity index (χ1v) is 12.5. The molecule has 0 atom stereocenters. The van der Waals surface area contributed by atoms with Crippen LogP contribution in [0.5, 0.6) is 23.0 Å². The average molecular weight is 765 g/mol. The molecule has 0 saturated heterocycles. The van der Waals surface area contributed by atoms with Crippen LogP contribution in [0.4, 0.5) is 22.7 Å². The third-order valence-corrected chi connectivity index (χ3v) is 4.80. The Balaban J connectivity index is -0.000000123. The Bertz CT molecular complexity index is 1500. The summed E-state index contributed by atoms with van der Waals surface area (Å²) in [4.78, 5) is 14.8. The molecule has 262 valence electrons. The predicted molar refractivity (Wildman–Crippen MR) is 185 cm³/mol. The van der Waals surface area contributed by atoms with Gasteiger partial charge in [0.05, 0.1) is 28.4 Å². The fourth-order valence-electron chi connectivity index (χ4n) is 2.67. The summed E-state index contributed by atoms with van der Waals surface area (Å²) < 4.78 is 19.7. The molecule has 0 aliphatic rings. The van der Waals surface area contributed by atoms with E-state index in [9.17, 15) is 0 Å². The van der Waals surface area contributed by atoms with E-state index in [1.165, 1.54) is 4.91 Å². The average Bonchev–Trinajstić information content (AvgIpc) is 3.11.